The maximum Gasteiger partial charge on any atom is 0.274 e. The Morgan fingerprint density at radius 3 is 2.20 bits per heavy atom. The molecule has 1 amide bonds. The van der Waals surface area contributed by atoms with Crippen molar-refractivity contribution in [1.82, 2.24) is 19.4 Å². The average Bonchev–Trinajstić information content (AvgIpc) is 2.80. The highest BCUT2D eigenvalue weighted by Gasteiger charge is 2.31. The van der Waals surface area contributed by atoms with Crippen LogP contribution in [-0.4, -0.2) is 59.9 Å². The summed E-state index contributed by atoms with van der Waals surface area (Å²) < 4.78 is 27.5. The molecule has 1 aromatic heterocycles. The second-order valence-electron chi connectivity index (χ2n) is 7.91. The normalized spacial score (nSPS) is 19.0. The van der Waals surface area contributed by atoms with Gasteiger partial charge in [-0.1, -0.05) is 31.4 Å². The maximum atomic E-state index is 13.0. The number of H-pyrrole nitrogens is 1. The largest absolute Gasteiger partial charge is 0.335 e. The van der Waals surface area contributed by atoms with Crippen LogP contribution in [0.5, 0.6) is 0 Å². The van der Waals surface area contributed by atoms with Gasteiger partial charge in [-0.25, -0.2) is 13.5 Å². The van der Waals surface area contributed by atoms with E-state index >= 15 is 0 Å². The number of hydrogen-bond acceptors (Lipinski definition) is 5. The number of rotatable bonds is 4. The van der Waals surface area contributed by atoms with Gasteiger partial charge in [0.15, 0.2) is 0 Å². The number of amides is 1. The third-order valence-corrected chi connectivity index (χ3v) is 7.93. The van der Waals surface area contributed by atoms with Crippen LogP contribution in [0, 0.1) is 0 Å². The van der Waals surface area contributed by atoms with E-state index in [9.17, 15) is 18.0 Å². The molecule has 8 nitrogen and oxygen atoms in total. The predicted molar refractivity (Wildman–Crippen MR) is 112 cm³/mol. The topological polar surface area (TPSA) is 103 Å². The summed E-state index contributed by atoms with van der Waals surface area (Å²) in [7, 11) is -3.60. The summed E-state index contributed by atoms with van der Waals surface area (Å²) in [6.07, 6.45) is 6.11. The zero-order valence-electron chi connectivity index (χ0n) is 16.8. The number of hydrogen-bond donors (Lipinski definition) is 1. The molecule has 1 aliphatic carbocycles. The van der Waals surface area contributed by atoms with Gasteiger partial charge < -0.3 is 4.90 Å². The molecule has 9 heteroatoms. The quantitative estimate of drug-likeness (QED) is 0.799. The van der Waals surface area contributed by atoms with Gasteiger partial charge in [-0.05, 0) is 42.5 Å². The molecule has 0 unspecified atom stereocenters. The lowest BCUT2D eigenvalue weighted by Gasteiger charge is -2.33. The second kappa shape index (κ2) is 8.69. The van der Waals surface area contributed by atoms with Gasteiger partial charge >= 0.3 is 0 Å². The lowest BCUT2D eigenvalue weighted by Crippen LogP contribution is -2.50. The van der Waals surface area contributed by atoms with Crippen molar-refractivity contribution in [2.45, 2.75) is 42.9 Å². The van der Waals surface area contributed by atoms with Gasteiger partial charge in [-0.3, -0.25) is 9.59 Å². The Kier molecular flexibility index (Phi) is 6.01. The van der Waals surface area contributed by atoms with E-state index in [0.717, 1.165) is 0 Å². The van der Waals surface area contributed by atoms with E-state index in [-0.39, 0.29) is 43.3 Å². The molecule has 2 aromatic rings. The van der Waals surface area contributed by atoms with Crippen LogP contribution in [0.3, 0.4) is 0 Å². The molecule has 0 bridgehead atoms. The highest BCUT2D eigenvalue weighted by molar-refractivity contribution is 7.89. The molecule has 1 aliphatic heterocycles. The molecule has 30 heavy (non-hydrogen) atoms. The second-order valence-corrected chi connectivity index (χ2v) is 9.84. The van der Waals surface area contributed by atoms with Crippen molar-refractivity contribution in [3.63, 3.8) is 0 Å². The van der Waals surface area contributed by atoms with Gasteiger partial charge in [0.1, 0.15) is 5.69 Å². The van der Waals surface area contributed by atoms with Crippen molar-refractivity contribution in [2.24, 2.45) is 0 Å². The van der Waals surface area contributed by atoms with Crippen molar-refractivity contribution in [2.75, 3.05) is 26.2 Å². The molecule has 2 heterocycles. The Hall–Kier alpha value is -2.52. The molecule has 0 radical (unpaired) electrons. The van der Waals surface area contributed by atoms with Gasteiger partial charge in [0, 0.05) is 32.2 Å². The van der Waals surface area contributed by atoms with E-state index in [1.54, 1.807) is 17.0 Å². The molecule has 160 valence electrons. The molecule has 1 saturated heterocycles. The monoisotopic (exact) mass is 430 g/mol. The first kappa shape index (κ1) is 20.7. The summed E-state index contributed by atoms with van der Waals surface area (Å²) in [5.74, 6) is 0.215. The smallest absolute Gasteiger partial charge is 0.274 e. The van der Waals surface area contributed by atoms with Crippen LogP contribution in [0.1, 0.15) is 54.1 Å². The highest BCUT2D eigenvalue weighted by atomic mass is 32.2. The van der Waals surface area contributed by atoms with E-state index in [1.165, 1.54) is 54.1 Å². The van der Waals surface area contributed by atoms with Gasteiger partial charge in [0.25, 0.3) is 11.5 Å². The Bertz CT molecular complexity index is 1030. The Morgan fingerprint density at radius 1 is 0.933 bits per heavy atom. The SMILES string of the molecule is O=C(c1ccc(=O)[nH]n1)N1CCN(S(=O)(=O)c2ccc(C3CCCCC3)cc2)CC1. The van der Waals surface area contributed by atoms with Crippen molar-refractivity contribution in [3.05, 3.63) is 58.0 Å². The lowest BCUT2D eigenvalue weighted by molar-refractivity contribution is 0.0690. The van der Waals surface area contributed by atoms with Gasteiger partial charge in [0.05, 0.1) is 4.90 Å². The summed E-state index contributed by atoms with van der Waals surface area (Å²) in [6.45, 7) is 1.00. The summed E-state index contributed by atoms with van der Waals surface area (Å²) in [6, 6.07) is 9.94. The lowest BCUT2D eigenvalue weighted by atomic mass is 9.84. The van der Waals surface area contributed by atoms with Crippen LogP contribution in [0.2, 0.25) is 0 Å². The summed E-state index contributed by atoms with van der Waals surface area (Å²) >= 11 is 0. The minimum absolute atomic E-state index is 0.143. The first-order valence-corrected chi connectivity index (χ1v) is 11.8. The van der Waals surface area contributed by atoms with Gasteiger partial charge in [-0.2, -0.15) is 9.40 Å². The van der Waals surface area contributed by atoms with Crippen LogP contribution in [0.25, 0.3) is 0 Å². The van der Waals surface area contributed by atoms with Crippen molar-refractivity contribution in [1.29, 1.82) is 0 Å². The van der Waals surface area contributed by atoms with Crippen molar-refractivity contribution >= 4 is 15.9 Å². The number of aromatic nitrogens is 2. The number of nitrogens with zero attached hydrogens (tertiary/aromatic N) is 3. The summed E-state index contributed by atoms with van der Waals surface area (Å²) in [5, 5.41) is 6.00. The summed E-state index contributed by atoms with van der Waals surface area (Å²) in [4.78, 5) is 25.5. The number of carbonyl (C=O) groups excluding carboxylic acids is 1. The molecular formula is C21H26N4O4S. The fraction of sp³-hybridized carbons (Fsp3) is 0.476. The van der Waals surface area contributed by atoms with Crippen LogP contribution < -0.4 is 5.56 Å². The molecule has 2 fully saturated rings. The first-order chi connectivity index (χ1) is 14.4. The van der Waals surface area contributed by atoms with Crippen molar-refractivity contribution in [3.8, 4) is 0 Å². The van der Waals surface area contributed by atoms with Crippen LogP contribution in [0.15, 0.2) is 46.1 Å². The molecule has 4 rings (SSSR count). The van der Waals surface area contributed by atoms with E-state index < -0.39 is 10.0 Å². The van der Waals surface area contributed by atoms with Crippen LogP contribution in [0.4, 0.5) is 0 Å². The highest BCUT2D eigenvalue weighted by Crippen LogP contribution is 2.33. The Balaban J connectivity index is 1.40. The average molecular weight is 431 g/mol. The number of sulfonamides is 1. The van der Waals surface area contributed by atoms with Crippen molar-refractivity contribution < 1.29 is 13.2 Å². The predicted octanol–water partition coefficient (Wildman–Crippen LogP) is 1.96. The third kappa shape index (κ3) is 4.32. The standard InChI is InChI=1S/C21H26N4O4S/c26-20-11-10-19(22-23-20)21(27)24-12-14-25(15-13-24)30(28,29)18-8-6-17(7-9-18)16-4-2-1-3-5-16/h6-11,16H,1-5,12-15H2,(H,23,26). The zero-order chi connectivity index (χ0) is 21.1. The minimum Gasteiger partial charge on any atom is -0.335 e. The van der Waals surface area contributed by atoms with E-state index in [4.69, 9.17) is 0 Å². The van der Waals surface area contributed by atoms with E-state index in [0.29, 0.717) is 10.8 Å². The fourth-order valence-electron chi connectivity index (χ4n) is 4.25. The molecule has 1 saturated carbocycles. The van der Waals surface area contributed by atoms with E-state index in [2.05, 4.69) is 10.2 Å². The van der Waals surface area contributed by atoms with Gasteiger partial charge in [-0.15, -0.1) is 0 Å². The van der Waals surface area contributed by atoms with E-state index in [1.807, 2.05) is 12.1 Å². The zero-order valence-corrected chi connectivity index (χ0v) is 17.6. The molecule has 2 aliphatic rings. The van der Waals surface area contributed by atoms with Gasteiger partial charge in [0.2, 0.25) is 10.0 Å². The van der Waals surface area contributed by atoms with Crippen LogP contribution in [-0.2, 0) is 10.0 Å². The first-order valence-electron chi connectivity index (χ1n) is 10.4. The molecule has 0 spiro atoms. The Labute approximate surface area is 176 Å². The fourth-order valence-corrected chi connectivity index (χ4v) is 5.68. The molecule has 1 N–H and O–H groups in total. The number of piperazine rings is 1. The third-order valence-electron chi connectivity index (χ3n) is 6.02. The number of aromatic amines is 1. The van der Waals surface area contributed by atoms with Crippen LogP contribution >= 0.6 is 0 Å². The molecule has 1 aromatic carbocycles. The maximum absolute atomic E-state index is 13.0. The minimum atomic E-state index is -3.60. The number of benzene rings is 1. The molecule has 0 atom stereocenters. The molecular weight excluding hydrogens is 404 g/mol. The number of nitrogens with one attached hydrogen (secondary N) is 1. The number of carbonyl (C=O) groups is 1. The summed E-state index contributed by atoms with van der Waals surface area (Å²) in [5.41, 5.74) is 0.985. The Morgan fingerprint density at radius 2 is 1.60 bits per heavy atom.